The summed E-state index contributed by atoms with van der Waals surface area (Å²) < 4.78 is 26.3. The Kier molecular flexibility index (Phi) is 4.01. The fourth-order valence-electron chi connectivity index (χ4n) is 2.29. The van der Waals surface area contributed by atoms with Crippen molar-refractivity contribution in [2.24, 2.45) is 5.73 Å². The quantitative estimate of drug-likeness (QED) is 0.840. The van der Waals surface area contributed by atoms with Crippen molar-refractivity contribution in [3.05, 3.63) is 24.0 Å². The van der Waals surface area contributed by atoms with Gasteiger partial charge in [-0.05, 0) is 25.0 Å². The van der Waals surface area contributed by atoms with Crippen LogP contribution >= 0.6 is 0 Å². The van der Waals surface area contributed by atoms with E-state index in [1.165, 1.54) is 18.3 Å². The number of hydrogen-bond acceptors (Lipinski definition) is 5. The number of piperidine rings is 1. The third-order valence-electron chi connectivity index (χ3n) is 3.25. The summed E-state index contributed by atoms with van der Waals surface area (Å²) in [7, 11) is -3.95. The Morgan fingerprint density at radius 1 is 1.50 bits per heavy atom. The summed E-state index contributed by atoms with van der Waals surface area (Å²) in [6.45, 7) is 0.218. The van der Waals surface area contributed by atoms with Gasteiger partial charge < -0.3 is 5.73 Å². The summed E-state index contributed by atoms with van der Waals surface area (Å²) in [6, 6.07) is 3.65. The van der Waals surface area contributed by atoms with Gasteiger partial charge >= 0.3 is 0 Å². The van der Waals surface area contributed by atoms with Crippen LogP contribution in [0.3, 0.4) is 0 Å². The first-order chi connectivity index (χ1) is 9.48. The Labute approximate surface area is 117 Å². The highest BCUT2D eigenvalue weighted by Gasteiger charge is 2.37. The number of carbonyl (C=O) groups is 1. The van der Waals surface area contributed by atoms with Crippen molar-refractivity contribution in [1.29, 1.82) is 5.26 Å². The Morgan fingerprint density at radius 2 is 2.25 bits per heavy atom. The molecule has 1 aromatic rings. The second kappa shape index (κ2) is 5.56. The molecule has 1 aromatic heterocycles. The average molecular weight is 294 g/mol. The maximum Gasteiger partial charge on any atom is 0.246 e. The van der Waals surface area contributed by atoms with Crippen LogP contribution in [0.5, 0.6) is 0 Å². The van der Waals surface area contributed by atoms with Crippen LogP contribution in [0.15, 0.2) is 23.2 Å². The van der Waals surface area contributed by atoms with Gasteiger partial charge in [0.05, 0.1) is 0 Å². The zero-order valence-corrected chi connectivity index (χ0v) is 11.5. The molecule has 1 aliphatic rings. The summed E-state index contributed by atoms with van der Waals surface area (Å²) in [5.41, 5.74) is 5.10. The van der Waals surface area contributed by atoms with E-state index in [9.17, 15) is 13.2 Å². The summed E-state index contributed by atoms with van der Waals surface area (Å²) >= 11 is 0. The van der Waals surface area contributed by atoms with Gasteiger partial charge in [-0.3, -0.25) is 4.79 Å². The minimum absolute atomic E-state index is 0.179. The van der Waals surface area contributed by atoms with Crippen molar-refractivity contribution < 1.29 is 13.2 Å². The van der Waals surface area contributed by atoms with Crippen LogP contribution in [0.2, 0.25) is 0 Å². The predicted octanol–water partition coefficient (Wildman–Crippen LogP) is -0.0182. The largest absolute Gasteiger partial charge is 0.368 e. The molecule has 1 aliphatic heterocycles. The molecule has 0 spiro atoms. The number of rotatable bonds is 3. The Hall–Kier alpha value is -1.98. The molecule has 1 unspecified atom stereocenters. The molecular formula is C12H14N4O3S. The molecule has 2 heterocycles. The number of aromatic nitrogens is 1. The monoisotopic (exact) mass is 294 g/mol. The van der Waals surface area contributed by atoms with E-state index in [1.54, 1.807) is 6.07 Å². The minimum Gasteiger partial charge on any atom is -0.368 e. The maximum absolute atomic E-state index is 12.6. The van der Waals surface area contributed by atoms with Gasteiger partial charge in [-0.25, -0.2) is 13.4 Å². The van der Waals surface area contributed by atoms with Gasteiger partial charge in [-0.1, -0.05) is 6.42 Å². The predicted molar refractivity (Wildman–Crippen MR) is 69.7 cm³/mol. The zero-order chi connectivity index (χ0) is 14.8. The van der Waals surface area contributed by atoms with Crippen LogP contribution in [0.4, 0.5) is 0 Å². The third kappa shape index (κ3) is 2.50. The molecule has 2 N–H and O–H groups in total. The molecule has 0 radical (unpaired) electrons. The van der Waals surface area contributed by atoms with Gasteiger partial charge in [0.25, 0.3) is 0 Å². The van der Waals surface area contributed by atoms with Gasteiger partial charge in [0.1, 0.15) is 17.0 Å². The third-order valence-corrected chi connectivity index (χ3v) is 5.19. The van der Waals surface area contributed by atoms with Gasteiger partial charge in [0, 0.05) is 12.7 Å². The number of carbonyl (C=O) groups excluding carboxylic acids is 1. The van der Waals surface area contributed by atoms with Crippen molar-refractivity contribution in [3.8, 4) is 6.07 Å². The maximum atomic E-state index is 12.6. The van der Waals surface area contributed by atoms with Crippen LogP contribution in [0, 0.1) is 11.3 Å². The number of pyridine rings is 1. The number of hydrogen-bond donors (Lipinski definition) is 1. The lowest BCUT2D eigenvalue weighted by molar-refractivity contribution is -0.122. The molecule has 0 aromatic carbocycles. The topological polar surface area (TPSA) is 117 Å². The Bertz CT molecular complexity index is 666. The first kappa shape index (κ1) is 14.4. The number of nitriles is 1. The van der Waals surface area contributed by atoms with E-state index < -0.39 is 22.0 Å². The van der Waals surface area contributed by atoms with Crippen molar-refractivity contribution in [1.82, 2.24) is 9.29 Å². The molecule has 7 nitrogen and oxygen atoms in total. The molecule has 106 valence electrons. The lowest BCUT2D eigenvalue weighted by Crippen LogP contribution is -2.50. The highest BCUT2D eigenvalue weighted by atomic mass is 32.2. The number of nitrogens with zero attached hydrogens (tertiary/aromatic N) is 3. The highest BCUT2D eigenvalue weighted by molar-refractivity contribution is 7.89. The average Bonchev–Trinajstić information content (AvgIpc) is 2.47. The normalized spacial score (nSPS) is 20.2. The molecule has 1 atom stereocenters. The first-order valence-corrected chi connectivity index (χ1v) is 7.58. The summed E-state index contributed by atoms with van der Waals surface area (Å²) in [4.78, 5) is 15.0. The van der Waals surface area contributed by atoms with Crippen molar-refractivity contribution >= 4 is 15.9 Å². The molecule has 1 amide bonds. The summed E-state index contributed by atoms with van der Waals surface area (Å²) in [5.74, 6) is -0.671. The minimum atomic E-state index is -3.95. The molecule has 20 heavy (non-hydrogen) atoms. The smallest absolute Gasteiger partial charge is 0.246 e. The van der Waals surface area contributed by atoms with E-state index in [4.69, 9.17) is 11.0 Å². The van der Waals surface area contributed by atoms with Crippen LogP contribution in [0.1, 0.15) is 25.0 Å². The lowest BCUT2D eigenvalue weighted by Gasteiger charge is -2.32. The summed E-state index contributed by atoms with van der Waals surface area (Å²) in [5, 5.41) is 8.97. The molecular weight excluding hydrogens is 280 g/mol. The fraction of sp³-hybridized carbons (Fsp3) is 0.417. The molecule has 0 saturated carbocycles. The summed E-state index contributed by atoms with van der Waals surface area (Å²) in [6.07, 6.45) is 3.15. The second-order valence-corrected chi connectivity index (χ2v) is 6.35. The number of sulfonamides is 1. The van der Waals surface area contributed by atoms with Crippen LogP contribution < -0.4 is 5.73 Å². The molecule has 1 saturated heterocycles. The molecule has 8 heteroatoms. The number of amides is 1. The van der Waals surface area contributed by atoms with Crippen molar-refractivity contribution in [2.45, 2.75) is 30.2 Å². The van der Waals surface area contributed by atoms with Gasteiger partial charge in [0.2, 0.25) is 15.9 Å². The molecule has 1 fully saturated rings. The lowest BCUT2D eigenvalue weighted by atomic mass is 10.0. The van der Waals surface area contributed by atoms with Crippen LogP contribution in [0.25, 0.3) is 0 Å². The van der Waals surface area contributed by atoms with Gasteiger partial charge in [0.15, 0.2) is 5.69 Å². The number of primary amides is 1. The fourth-order valence-corrected chi connectivity index (χ4v) is 4.05. The molecule has 2 rings (SSSR count). The SMILES string of the molecule is N#Cc1ncccc1S(=O)(=O)N1CCCCC1C(N)=O. The van der Waals surface area contributed by atoms with E-state index in [2.05, 4.69) is 4.98 Å². The van der Waals surface area contributed by atoms with Crippen molar-refractivity contribution in [2.75, 3.05) is 6.54 Å². The van der Waals surface area contributed by atoms with Crippen LogP contribution in [-0.4, -0.2) is 36.2 Å². The van der Waals surface area contributed by atoms with E-state index in [-0.39, 0.29) is 17.1 Å². The van der Waals surface area contributed by atoms with Gasteiger partial charge in [-0.15, -0.1) is 0 Å². The standard InChI is InChI=1S/C12H14N4O3S/c13-8-9-11(5-3-6-15-9)20(18,19)16-7-2-1-4-10(16)12(14)17/h3,5-6,10H,1-2,4,7H2,(H2,14,17). The van der Waals surface area contributed by atoms with E-state index in [1.807, 2.05) is 0 Å². The van der Waals surface area contributed by atoms with Gasteiger partial charge in [-0.2, -0.15) is 9.57 Å². The van der Waals surface area contributed by atoms with Crippen LogP contribution in [-0.2, 0) is 14.8 Å². The van der Waals surface area contributed by atoms with E-state index in [0.717, 1.165) is 10.7 Å². The van der Waals surface area contributed by atoms with E-state index >= 15 is 0 Å². The zero-order valence-electron chi connectivity index (χ0n) is 10.7. The highest BCUT2D eigenvalue weighted by Crippen LogP contribution is 2.26. The Balaban J connectivity index is 2.48. The Morgan fingerprint density at radius 3 is 2.90 bits per heavy atom. The number of nitrogens with two attached hydrogens (primary N) is 1. The molecule has 0 aliphatic carbocycles. The first-order valence-electron chi connectivity index (χ1n) is 6.14. The van der Waals surface area contributed by atoms with E-state index in [0.29, 0.717) is 12.8 Å². The second-order valence-electron chi connectivity index (χ2n) is 4.49. The molecule has 0 bridgehead atoms. The van der Waals surface area contributed by atoms with Crippen molar-refractivity contribution in [3.63, 3.8) is 0 Å².